The zero-order valence-electron chi connectivity index (χ0n) is 26.5. The number of rotatable bonds is 22. The average molecular weight is 839 g/mol. The van der Waals surface area contributed by atoms with Crippen LogP contribution >= 0.6 is 31.1 Å². The number of hydrogen-bond acceptors (Lipinski definition) is 22. The van der Waals surface area contributed by atoms with Gasteiger partial charge in [-0.2, -0.15) is 8.62 Å². The van der Waals surface area contributed by atoms with Gasteiger partial charge in [-0.25, -0.2) is 48.2 Å². The molecule has 296 valence electrons. The summed E-state index contributed by atoms with van der Waals surface area (Å²) < 4.78 is 80.0. The molecule has 0 fully saturated rings. The van der Waals surface area contributed by atoms with Crippen molar-refractivity contribution in [2.24, 2.45) is 0 Å². The highest BCUT2D eigenvalue weighted by Gasteiger charge is 2.44. The zero-order chi connectivity index (χ0) is 39.2. The number of nitrogens with one attached hydrogen (secondary N) is 1. The summed E-state index contributed by atoms with van der Waals surface area (Å²) in [6.45, 7) is -5.47. The molecule has 0 aliphatic rings. The zero-order valence-corrected chi connectivity index (χ0v) is 30.1. The Bertz CT molecular complexity index is 1910. The van der Waals surface area contributed by atoms with Gasteiger partial charge in [-0.1, -0.05) is 0 Å². The Balaban J connectivity index is 1.30. The SMILES string of the molecule is Nc1ncnc2c1ncn2[C@@H](CO)O[C@@H](CO)COP(=O)(O)OP(=O)(O)NP(=O)(O)OP(=O)(O)OC[C@H](CO)O[C@H](CO)n1cnc2c(N)ncnc21. The largest absolute Gasteiger partial charge is 0.480 e. The minimum absolute atomic E-state index is 0.00298. The predicted octanol–water partition coefficient (Wildman–Crippen LogP) is -2.37. The van der Waals surface area contributed by atoms with Crippen LogP contribution in [0.3, 0.4) is 0 Å². The second-order valence-corrected chi connectivity index (χ2v) is 16.7. The fraction of sp³-hybridized carbons (Fsp3) is 0.500. The van der Waals surface area contributed by atoms with Crippen LogP contribution in [0.4, 0.5) is 11.6 Å². The Hall–Kier alpha value is -2.98. The molecule has 29 nitrogen and oxygen atoms in total. The van der Waals surface area contributed by atoms with Crippen LogP contribution in [-0.4, -0.2) is 131 Å². The number of nitrogen functional groups attached to an aromatic ring is 2. The van der Waals surface area contributed by atoms with Gasteiger partial charge in [-0.15, -0.1) is 4.86 Å². The van der Waals surface area contributed by atoms with Gasteiger partial charge < -0.3 is 60.9 Å². The predicted molar refractivity (Wildman–Crippen MR) is 172 cm³/mol. The Kier molecular flexibility index (Phi) is 14.2. The lowest BCUT2D eigenvalue weighted by molar-refractivity contribution is -0.109. The summed E-state index contributed by atoms with van der Waals surface area (Å²) >= 11 is 0. The van der Waals surface area contributed by atoms with Crippen molar-refractivity contribution in [1.29, 1.82) is 0 Å². The summed E-state index contributed by atoms with van der Waals surface area (Å²) in [6, 6.07) is 0. The van der Waals surface area contributed by atoms with E-state index in [1.54, 1.807) is 0 Å². The lowest BCUT2D eigenvalue weighted by atomic mass is 10.4. The second kappa shape index (κ2) is 17.7. The Morgan fingerprint density at radius 3 is 1.34 bits per heavy atom. The molecule has 33 heteroatoms. The Labute approximate surface area is 295 Å². The summed E-state index contributed by atoms with van der Waals surface area (Å²) in [5, 5.41) is 39.0. The van der Waals surface area contributed by atoms with Gasteiger partial charge in [0.1, 0.15) is 35.9 Å². The number of hydrogen-bond donors (Lipinski definition) is 11. The Morgan fingerprint density at radius 1 is 0.623 bits per heavy atom. The Morgan fingerprint density at radius 2 is 1.00 bits per heavy atom. The van der Waals surface area contributed by atoms with Crippen LogP contribution in [0, 0.1) is 0 Å². The van der Waals surface area contributed by atoms with Crippen LogP contribution < -0.4 is 16.3 Å². The molecule has 0 spiro atoms. The molecule has 4 aromatic rings. The maximum absolute atomic E-state index is 12.4. The summed E-state index contributed by atoms with van der Waals surface area (Å²) in [7, 11) is -23.2. The average Bonchev–Trinajstić information content (AvgIpc) is 3.70. The van der Waals surface area contributed by atoms with Crippen LogP contribution in [0.1, 0.15) is 12.5 Å². The number of ether oxygens (including phenoxy) is 2. The topological polar surface area (TPSA) is 437 Å². The molecule has 13 N–H and O–H groups in total. The first-order valence-electron chi connectivity index (χ1n) is 14.3. The fourth-order valence-corrected chi connectivity index (χ4v) is 9.70. The molecule has 4 unspecified atom stereocenters. The smallest absolute Gasteiger partial charge is 0.394 e. The number of nitrogens with two attached hydrogens (primary N) is 2. The van der Waals surface area contributed by atoms with Crippen molar-refractivity contribution in [2.75, 3.05) is 51.1 Å². The van der Waals surface area contributed by atoms with E-state index in [2.05, 4.69) is 47.6 Å². The van der Waals surface area contributed by atoms with Crippen molar-refractivity contribution >= 4 is 65.1 Å². The van der Waals surface area contributed by atoms with Gasteiger partial charge in [-0.3, -0.25) is 18.2 Å². The molecule has 0 saturated carbocycles. The van der Waals surface area contributed by atoms with E-state index in [0.717, 1.165) is 30.2 Å². The summed E-state index contributed by atoms with van der Waals surface area (Å²) in [6.07, 6.45) is -1.23. The molecule has 0 saturated heterocycles. The van der Waals surface area contributed by atoms with Crippen molar-refractivity contribution in [3.05, 3.63) is 25.3 Å². The number of phosphoric acid groups is 2. The lowest BCUT2D eigenvalue weighted by Gasteiger charge is -2.25. The van der Waals surface area contributed by atoms with E-state index >= 15 is 0 Å². The summed E-state index contributed by atoms with van der Waals surface area (Å²) in [5.74, 6) is -0.00597. The minimum atomic E-state index is -5.93. The van der Waals surface area contributed by atoms with Crippen LogP contribution in [-0.2, 0) is 45.4 Å². The number of aliphatic hydroxyl groups excluding tert-OH is 4. The first kappa shape index (κ1) is 42.8. The van der Waals surface area contributed by atoms with Crippen molar-refractivity contribution in [3.8, 4) is 0 Å². The maximum atomic E-state index is 12.4. The highest BCUT2D eigenvalue weighted by Crippen LogP contribution is 2.66. The standard InChI is InChI=1S/C20H33N11O18P4/c21-17-15-19(25-7-23-17)30(9-27-15)13(3-34)46-11(1-32)5-44-52(40,41)48-50(36,37)29-51(38,39)49-53(42,43)45-6-12(2-33)47-14(4-35)31-10-28-16-18(22)24-8-26-20(16)31/h7-14,32-35H,1-6H2,(H,40,41)(H,42,43)(H2,21,23,25)(H2,22,24,26)(H3,29,36,37,38,39)/t11-,12-,13+,14+/m0/s1. The molecule has 4 rings (SSSR count). The van der Waals surface area contributed by atoms with E-state index in [4.69, 9.17) is 20.9 Å². The molecule has 0 aliphatic carbocycles. The molecule has 0 bridgehead atoms. The van der Waals surface area contributed by atoms with Gasteiger partial charge >= 0.3 is 31.1 Å². The molecule has 0 amide bonds. The third-order valence-electron chi connectivity index (χ3n) is 6.34. The normalized spacial score (nSPS) is 19.2. The highest BCUT2D eigenvalue weighted by atomic mass is 31.3. The van der Waals surface area contributed by atoms with Gasteiger partial charge in [-0.05, 0) is 0 Å². The summed E-state index contributed by atoms with van der Waals surface area (Å²) in [4.78, 5) is 64.1. The van der Waals surface area contributed by atoms with E-state index in [1.165, 1.54) is 9.13 Å². The van der Waals surface area contributed by atoms with Crippen LogP contribution in [0.2, 0.25) is 0 Å². The van der Waals surface area contributed by atoms with Crippen LogP contribution in [0.25, 0.3) is 22.3 Å². The first-order chi connectivity index (χ1) is 24.8. The number of aromatic nitrogens is 8. The van der Waals surface area contributed by atoms with Gasteiger partial charge in [0.15, 0.2) is 35.4 Å². The second-order valence-electron chi connectivity index (χ2n) is 10.2. The van der Waals surface area contributed by atoms with E-state index in [1.807, 2.05) is 0 Å². The van der Waals surface area contributed by atoms with E-state index in [9.17, 15) is 58.3 Å². The molecule has 4 aromatic heterocycles. The van der Waals surface area contributed by atoms with Gasteiger partial charge in [0, 0.05) is 0 Å². The fourth-order valence-electron chi connectivity index (χ4n) is 4.15. The third kappa shape index (κ3) is 11.5. The van der Waals surface area contributed by atoms with Gasteiger partial charge in [0.25, 0.3) is 0 Å². The molecular weight excluding hydrogens is 806 g/mol. The highest BCUT2D eigenvalue weighted by molar-refractivity contribution is 7.73. The minimum Gasteiger partial charge on any atom is -0.394 e. The van der Waals surface area contributed by atoms with E-state index in [0.29, 0.717) is 0 Å². The number of anilines is 2. The molecule has 53 heavy (non-hydrogen) atoms. The number of nitrogens with zero attached hydrogens (tertiary/aromatic N) is 8. The van der Waals surface area contributed by atoms with Gasteiger partial charge in [0.2, 0.25) is 0 Å². The number of phosphoric ester groups is 2. The third-order valence-corrected chi connectivity index (χ3v) is 12.7. The molecule has 0 radical (unpaired) electrons. The number of imidazole rings is 2. The maximum Gasteiger partial charge on any atom is 0.480 e. The van der Waals surface area contributed by atoms with Crippen molar-refractivity contribution in [2.45, 2.75) is 24.7 Å². The van der Waals surface area contributed by atoms with Crippen molar-refractivity contribution in [1.82, 2.24) is 43.9 Å². The van der Waals surface area contributed by atoms with Gasteiger partial charge in [0.05, 0.1) is 52.3 Å². The molecule has 4 heterocycles. The van der Waals surface area contributed by atoms with Crippen molar-refractivity contribution < 1.29 is 85.4 Å². The van der Waals surface area contributed by atoms with Crippen LogP contribution in [0.5, 0.6) is 0 Å². The molecular formula is C20H33N11O18P4. The summed E-state index contributed by atoms with van der Waals surface area (Å²) in [5.41, 5.74) is 11.9. The first-order valence-corrected chi connectivity index (χ1v) is 20.4. The monoisotopic (exact) mass is 839 g/mol. The number of aliphatic hydroxyl groups is 4. The molecule has 0 aromatic carbocycles. The van der Waals surface area contributed by atoms with Crippen molar-refractivity contribution in [3.63, 3.8) is 0 Å². The van der Waals surface area contributed by atoms with Crippen LogP contribution in [0.15, 0.2) is 25.3 Å². The lowest BCUT2D eigenvalue weighted by Crippen LogP contribution is -2.30. The molecule has 8 atom stereocenters. The molecule has 0 aliphatic heterocycles. The number of fused-ring (bicyclic) bond motifs is 2. The van der Waals surface area contributed by atoms with E-state index in [-0.39, 0.29) is 34.0 Å². The quantitative estimate of drug-likeness (QED) is 0.0368. The van der Waals surface area contributed by atoms with E-state index < -0.39 is 95.4 Å².